The van der Waals surface area contributed by atoms with Crippen LogP contribution in [-0.2, 0) is 4.79 Å². The number of nitrogen functional groups attached to an aromatic ring is 1. The van der Waals surface area contributed by atoms with Gasteiger partial charge in [-0.2, -0.15) is 0 Å². The van der Waals surface area contributed by atoms with E-state index in [4.69, 9.17) is 19.6 Å². The van der Waals surface area contributed by atoms with Gasteiger partial charge in [-0.25, -0.2) is 0 Å². The topological polar surface area (TPSA) is 107 Å². The Hall–Kier alpha value is -4.46. The van der Waals surface area contributed by atoms with Crippen LogP contribution in [0, 0.1) is 0 Å². The van der Waals surface area contributed by atoms with E-state index >= 15 is 0 Å². The lowest BCUT2D eigenvalue weighted by Crippen LogP contribution is -2.23. The van der Waals surface area contributed by atoms with Crippen molar-refractivity contribution in [1.29, 1.82) is 0 Å². The van der Waals surface area contributed by atoms with Crippen molar-refractivity contribution in [2.45, 2.75) is 6.42 Å². The Bertz CT molecular complexity index is 1280. The molecule has 0 radical (unpaired) electrons. The third kappa shape index (κ3) is 4.96. The van der Waals surface area contributed by atoms with Gasteiger partial charge in [0.25, 0.3) is 5.91 Å². The van der Waals surface area contributed by atoms with Gasteiger partial charge in [0.15, 0.2) is 5.75 Å². The Morgan fingerprint density at radius 3 is 2.53 bits per heavy atom. The van der Waals surface area contributed by atoms with Crippen LogP contribution in [0.25, 0.3) is 11.0 Å². The number of benzene rings is 3. The largest absolute Gasteiger partial charge is 0.494 e. The Balaban J connectivity index is 1.31. The van der Waals surface area contributed by atoms with Crippen LogP contribution in [0.3, 0.4) is 0 Å². The van der Waals surface area contributed by atoms with Crippen LogP contribution in [0.4, 0.5) is 17.3 Å². The smallest absolute Gasteiger partial charge is 0.255 e. The molecule has 8 heteroatoms. The van der Waals surface area contributed by atoms with Gasteiger partial charge in [-0.3, -0.25) is 14.5 Å². The molecule has 4 aromatic rings. The summed E-state index contributed by atoms with van der Waals surface area (Å²) < 4.78 is 17.1. The molecule has 3 N–H and O–H groups in total. The number of nitrogens with two attached hydrogens (primary N) is 1. The molecule has 4 rings (SSSR count). The summed E-state index contributed by atoms with van der Waals surface area (Å²) in [6, 6.07) is 21.3. The van der Waals surface area contributed by atoms with E-state index in [0.717, 1.165) is 5.39 Å². The van der Waals surface area contributed by atoms with E-state index < -0.39 is 0 Å². The van der Waals surface area contributed by atoms with E-state index in [0.29, 0.717) is 65.9 Å². The number of furan rings is 1. The molecule has 0 fully saturated rings. The first-order valence-corrected chi connectivity index (χ1v) is 10.8. The van der Waals surface area contributed by atoms with Crippen molar-refractivity contribution in [3.8, 4) is 11.5 Å². The van der Waals surface area contributed by atoms with Crippen molar-refractivity contribution in [2.24, 2.45) is 0 Å². The fourth-order valence-electron chi connectivity index (χ4n) is 3.53. The first-order chi connectivity index (χ1) is 16.6. The number of ether oxygens (including phenoxy) is 2. The third-order valence-electron chi connectivity index (χ3n) is 5.26. The van der Waals surface area contributed by atoms with Crippen molar-refractivity contribution >= 4 is 40.5 Å². The number of para-hydroxylation sites is 3. The van der Waals surface area contributed by atoms with E-state index in [2.05, 4.69) is 5.32 Å². The first kappa shape index (κ1) is 22.7. The Morgan fingerprint density at radius 2 is 1.79 bits per heavy atom. The van der Waals surface area contributed by atoms with Crippen LogP contribution in [0.15, 0.2) is 77.2 Å². The highest BCUT2D eigenvalue weighted by Crippen LogP contribution is 2.38. The minimum Gasteiger partial charge on any atom is -0.494 e. The summed E-state index contributed by atoms with van der Waals surface area (Å²) in [5.41, 5.74) is 8.07. The van der Waals surface area contributed by atoms with Crippen molar-refractivity contribution < 1.29 is 23.5 Å². The van der Waals surface area contributed by atoms with E-state index in [9.17, 15) is 9.59 Å². The number of anilines is 3. The zero-order valence-corrected chi connectivity index (χ0v) is 18.7. The van der Waals surface area contributed by atoms with Gasteiger partial charge in [0.2, 0.25) is 12.3 Å². The number of nitrogens with one attached hydrogen (secondary N) is 1. The van der Waals surface area contributed by atoms with Crippen molar-refractivity contribution in [2.75, 3.05) is 36.2 Å². The fraction of sp³-hybridized carbons (Fsp3) is 0.154. The lowest BCUT2D eigenvalue weighted by atomic mass is 10.2. The molecule has 0 saturated carbocycles. The van der Waals surface area contributed by atoms with E-state index in [1.165, 1.54) is 4.90 Å². The predicted octanol–water partition coefficient (Wildman–Crippen LogP) is 4.71. The zero-order chi connectivity index (χ0) is 23.9. The maximum absolute atomic E-state index is 12.4. The SMILES string of the molecule is COc1c(N(C=O)CCCOc2ccc(C(=O)Nc3ccccc3N)cc2)oc2ccccc12. The highest BCUT2D eigenvalue weighted by atomic mass is 16.5. The summed E-state index contributed by atoms with van der Waals surface area (Å²) in [4.78, 5) is 25.6. The molecule has 0 aliphatic rings. The lowest BCUT2D eigenvalue weighted by Gasteiger charge is -2.16. The van der Waals surface area contributed by atoms with Gasteiger partial charge in [-0.05, 0) is 55.0 Å². The number of nitrogens with zero attached hydrogens (tertiary/aromatic N) is 1. The second kappa shape index (κ2) is 10.4. The quantitative estimate of drug-likeness (QED) is 0.202. The average molecular weight is 460 g/mol. The second-order valence-electron chi connectivity index (χ2n) is 7.50. The number of rotatable bonds is 10. The summed E-state index contributed by atoms with van der Waals surface area (Å²) in [5.74, 6) is 1.25. The Morgan fingerprint density at radius 1 is 1.06 bits per heavy atom. The second-order valence-corrected chi connectivity index (χ2v) is 7.50. The molecule has 0 saturated heterocycles. The molecule has 1 heterocycles. The highest BCUT2D eigenvalue weighted by Gasteiger charge is 2.20. The summed E-state index contributed by atoms with van der Waals surface area (Å²) in [7, 11) is 1.55. The zero-order valence-electron chi connectivity index (χ0n) is 18.7. The van der Waals surface area contributed by atoms with E-state index in [1.54, 1.807) is 55.6 Å². The normalized spacial score (nSPS) is 10.6. The molecule has 2 amide bonds. The van der Waals surface area contributed by atoms with Crippen molar-refractivity contribution in [1.82, 2.24) is 0 Å². The molecule has 34 heavy (non-hydrogen) atoms. The molecule has 0 spiro atoms. The molecule has 174 valence electrons. The van der Waals surface area contributed by atoms with E-state index in [-0.39, 0.29) is 5.91 Å². The molecular weight excluding hydrogens is 434 g/mol. The minimum atomic E-state index is -0.258. The maximum Gasteiger partial charge on any atom is 0.255 e. The molecule has 1 aromatic heterocycles. The van der Waals surface area contributed by atoms with Gasteiger partial charge in [0.05, 0.1) is 30.5 Å². The molecule has 3 aromatic carbocycles. The van der Waals surface area contributed by atoms with Gasteiger partial charge >= 0.3 is 0 Å². The molecule has 0 aliphatic heterocycles. The molecule has 0 unspecified atom stereocenters. The van der Waals surface area contributed by atoms with Crippen LogP contribution in [0.2, 0.25) is 0 Å². The van der Waals surface area contributed by atoms with Gasteiger partial charge in [0.1, 0.15) is 11.3 Å². The highest BCUT2D eigenvalue weighted by molar-refractivity contribution is 6.05. The molecular formula is C26H25N3O5. The summed E-state index contributed by atoms with van der Waals surface area (Å²) in [6.07, 6.45) is 1.28. The monoisotopic (exact) mass is 459 g/mol. The van der Waals surface area contributed by atoms with Gasteiger partial charge in [-0.15, -0.1) is 0 Å². The van der Waals surface area contributed by atoms with E-state index in [1.807, 2.05) is 24.3 Å². The molecule has 0 bridgehead atoms. The Kier molecular flexibility index (Phi) is 6.98. The number of carbonyl (C=O) groups excluding carboxylic acids is 2. The standard InChI is InChI=1S/C26H25N3O5/c1-32-24-20-7-2-5-10-23(20)34-26(24)29(17-30)15-6-16-33-19-13-11-18(12-14-19)25(31)28-22-9-4-3-8-21(22)27/h2-5,7-14,17H,6,15-16,27H2,1H3,(H,28,31). The molecule has 0 aliphatic carbocycles. The minimum absolute atomic E-state index is 0.258. The summed E-state index contributed by atoms with van der Waals surface area (Å²) >= 11 is 0. The molecule has 8 nitrogen and oxygen atoms in total. The van der Waals surface area contributed by atoms with Crippen LogP contribution >= 0.6 is 0 Å². The van der Waals surface area contributed by atoms with Gasteiger partial charge < -0.3 is 24.9 Å². The van der Waals surface area contributed by atoms with Crippen molar-refractivity contribution in [3.05, 3.63) is 78.4 Å². The fourth-order valence-corrected chi connectivity index (χ4v) is 3.53. The van der Waals surface area contributed by atoms with Gasteiger partial charge in [-0.1, -0.05) is 24.3 Å². The number of hydrogen-bond donors (Lipinski definition) is 2. The van der Waals surface area contributed by atoms with Crippen LogP contribution in [0.5, 0.6) is 11.5 Å². The van der Waals surface area contributed by atoms with Crippen LogP contribution in [0.1, 0.15) is 16.8 Å². The molecule has 0 atom stereocenters. The number of methoxy groups -OCH3 is 1. The number of hydrogen-bond acceptors (Lipinski definition) is 6. The predicted molar refractivity (Wildman–Crippen MR) is 132 cm³/mol. The first-order valence-electron chi connectivity index (χ1n) is 10.8. The number of carbonyl (C=O) groups is 2. The van der Waals surface area contributed by atoms with Crippen LogP contribution < -0.4 is 25.4 Å². The summed E-state index contributed by atoms with van der Waals surface area (Å²) in [6.45, 7) is 0.762. The van der Waals surface area contributed by atoms with Crippen molar-refractivity contribution in [3.63, 3.8) is 0 Å². The Labute approximate surface area is 196 Å². The lowest BCUT2D eigenvalue weighted by molar-refractivity contribution is -0.107. The average Bonchev–Trinajstić information content (AvgIpc) is 3.24. The number of amides is 2. The maximum atomic E-state index is 12.4. The summed E-state index contributed by atoms with van der Waals surface area (Å²) in [5, 5.41) is 3.60. The third-order valence-corrected chi connectivity index (χ3v) is 5.26. The van der Waals surface area contributed by atoms with Crippen LogP contribution in [-0.4, -0.2) is 32.6 Å². The number of fused-ring (bicyclic) bond motifs is 1. The van der Waals surface area contributed by atoms with Gasteiger partial charge in [0, 0.05) is 12.1 Å².